The summed E-state index contributed by atoms with van der Waals surface area (Å²) in [6.45, 7) is 0. The first-order chi connectivity index (χ1) is 30.7. The van der Waals surface area contributed by atoms with Gasteiger partial charge in [0.05, 0.1) is 16.7 Å². The molecule has 9 aromatic carbocycles. The van der Waals surface area contributed by atoms with Crippen LogP contribution in [0, 0.1) is 0 Å². The van der Waals surface area contributed by atoms with Crippen LogP contribution in [0.2, 0.25) is 0 Å². The lowest BCUT2D eigenvalue weighted by Gasteiger charge is -2.18. The largest absolute Gasteiger partial charge is 0.308 e. The molecular weight excluding hydrogens is 773 g/mol. The van der Waals surface area contributed by atoms with Gasteiger partial charge >= 0.3 is 0 Å². The van der Waals surface area contributed by atoms with Crippen molar-refractivity contribution < 1.29 is 0 Å². The van der Waals surface area contributed by atoms with E-state index in [1.54, 1.807) is 0 Å². The predicted octanol–water partition coefficient (Wildman–Crippen LogP) is 15.3. The summed E-state index contributed by atoms with van der Waals surface area (Å²) in [6, 6.07) is 77.5. The summed E-state index contributed by atoms with van der Waals surface area (Å²) in [7, 11) is 0. The van der Waals surface area contributed by atoms with Crippen LogP contribution in [0.4, 0.5) is 0 Å². The van der Waals surface area contributed by atoms with Gasteiger partial charge < -0.3 is 4.57 Å². The third-order valence-electron chi connectivity index (χ3n) is 11.9. The molecule has 0 unspecified atom stereocenters. The Morgan fingerprint density at radius 2 is 0.823 bits per heavy atom. The Hall–Kier alpha value is -7.99. The molecule has 0 aliphatic rings. The summed E-state index contributed by atoms with van der Waals surface area (Å²) >= 11 is 1.84. The molecule has 12 rings (SSSR count). The van der Waals surface area contributed by atoms with Gasteiger partial charge in [0.2, 0.25) is 0 Å². The van der Waals surface area contributed by atoms with E-state index >= 15 is 0 Å². The van der Waals surface area contributed by atoms with Gasteiger partial charge in [0.15, 0.2) is 17.5 Å². The number of thiophene rings is 1. The maximum absolute atomic E-state index is 5.30. The van der Waals surface area contributed by atoms with E-state index in [2.05, 4.69) is 205 Å². The zero-order valence-electron chi connectivity index (χ0n) is 33.5. The van der Waals surface area contributed by atoms with Crippen molar-refractivity contribution in [3.05, 3.63) is 218 Å². The molecule has 0 bridgehead atoms. The number of para-hydroxylation sites is 2. The van der Waals surface area contributed by atoms with E-state index in [4.69, 9.17) is 15.0 Å². The number of nitrogens with zero attached hydrogens (tertiary/aromatic N) is 4. The molecule has 3 aromatic heterocycles. The van der Waals surface area contributed by atoms with Crippen LogP contribution in [0.25, 0.3) is 115 Å². The molecule has 0 aliphatic carbocycles. The molecule has 12 aromatic rings. The van der Waals surface area contributed by atoms with Gasteiger partial charge in [0.1, 0.15) is 0 Å². The number of rotatable bonds is 7. The molecule has 0 amide bonds. The van der Waals surface area contributed by atoms with Gasteiger partial charge in [-0.25, -0.2) is 15.0 Å². The zero-order chi connectivity index (χ0) is 41.0. The average Bonchev–Trinajstić information content (AvgIpc) is 3.90. The van der Waals surface area contributed by atoms with Crippen LogP contribution in [-0.4, -0.2) is 19.5 Å². The highest BCUT2D eigenvalue weighted by Gasteiger charge is 2.21. The Morgan fingerprint density at radius 3 is 1.58 bits per heavy atom. The standard InChI is InChI=1S/C57H36N4S/c1-4-16-37(17-5-1)44-32-31-43(35-51(44)61-50-28-12-10-24-46(50)49-27-15-26-45(54(49)61)38-18-6-2-7-19-38)57-59-55(39-20-8-3-9-21-39)58-56(60-57)42-23-14-22-40(34-42)41-30-33-48-47-25-11-13-29-52(47)62-53(48)36-41/h1-36H. The van der Waals surface area contributed by atoms with Crippen molar-refractivity contribution in [3.8, 4) is 73.2 Å². The van der Waals surface area contributed by atoms with E-state index < -0.39 is 0 Å². The number of hydrogen-bond donors (Lipinski definition) is 0. The van der Waals surface area contributed by atoms with Gasteiger partial charge in [-0.05, 0) is 52.6 Å². The lowest BCUT2D eigenvalue weighted by molar-refractivity contribution is 1.07. The predicted molar refractivity (Wildman–Crippen MR) is 260 cm³/mol. The molecule has 0 atom stereocenters. The molecule has 62 heavy (non-hydrogen) atoms. The third-order valence-corrected chi connectivity index (χ3v) is 13.0. The molecule has 0 N–H and O–H groups in total. The van der Waals surface area contributed by atoms with Gasteiger partial charge in [0, 0.05) is 58.8 Å². The van der Waals surface area contributed by atoms with Crippen molar-refractivity contribution in [2.24, 2.45) is 0 Å². The minimum atomic E-state index is 0.607. The maximum Gasteiger partial charge on any atom is 0.164 e. The molecule has 4 nitrogen and oxygen atoms in total. The van der Waals surface area contributed by atoms with Gasteiger partial charge in [-0.1, -0.05) is 188 Å². The number of fused-ring (bicyclic) bond motifs is 6. The maximum atomic E-state index is 5.30. The average molecular weight is 809 g/mol. The summed E-state index contributed by atoms with van der Waals surface area (Å²) < 4.78 is 5.02. The van der Waals surface area contributed by atoms with Crippen LogP contribution in [0.1, 0.15) is 0 Å². The van der Waals surface area contributed by atoms with Crippen molar-refractivity contribution in [1.82, 2.24) is 19.5 Å². The van der Waals surface area contributed by atoms with Crippen LogP contribution in [0.5, 0.6) is 0 Å². The summed E-state index contributed by atoms with van der Waals surface area (Å²) in [5.41, 5.74) is 12.9. The van der Waals surface area contributed by atoms with Crippen molar-refractivity contribution in [2.75, 3.05) is 0 Å². The highest BCUT2D eigenvalue weighted by atomic mass is 32.1. The van der Waals surface area contributed by atoms with Crippen LogP contribution in [0.15, 0.2) is 218 Å². The van der Waals surface area contributed by atoms with Crippen molar-refractivity contribution >= 4 is 53.3 Å². The normalized spacial score (nSPS) is 11.5. The first kappa shape index (κ1) is 35.9. The van der Waals surface area contributed by atoms with Crippen molar-refractivity contribution in [1.29, 1.82) is 0 Å². The Balaban J connectivity index is 1.07. The third kappa shape index (κ3) is 6.18. The topological polar surface area (TPSA) is 43.6 Å². The summed E-state index contributed by atoms with van der Waals surface area (Å²) in [5.74, 6) is 1.85. The zero-order valence-corrected chi connectivity index (χ0v) is 34.3. The Bertz CT molecular complexity index is 3630. The number of benzene rings is 9. The number of aromatic nitrogens is 4. The second-order valence-electron chi connectivity index (χ2n) is 15.6. The minimum Gasteiger partial charge on any atom is -0.308 e. The quantitative estimate of drug-likeness (QED) is 0.161. The SMILES string of the molecule is c1ccc(-c2nc(-c3cccc(-c4ccc5c(c4)sc4ccccc45)c3)nc(-c3ccc(-c4ccccc4)c(-n4c5ccccc5c5cccc(-c6ccccc6)c54)c3)n2)cc1. The van der Waals surface area contributed by atoms with Gasteiger partial charge in [-0.2, -0.15) is 0 Å². The Labute approximate surface area is 362 Å². The Kier molecular flexibility index (Phi) is 8.65. The summed E-state index contributed by atoms with van der Waals surface area (Å²) in [6.07, 6.45) is 0. The van der Waals surface area contributed by atoms with E-state index in [-0.39, 0.29) is 0 Å². The summed E-state index contributed by atoms with van der Waals surface area (Å²) in [5, 5.41) is 4.99. The second-order valence-corrected chi connectivity index (χ2v) is 16.7. The van der Waals surface area contributed by atoms with Gasteiger partial charge in [0.25, 0.3) is 0 Å². The molecule has 0 spiro atoms. The van der Waals surface area contributed by atoms with E-state index in [1.165, 1.54) is 42.1 Å². The molecule has 5 heteroatoms. The molecule has 0 saturated heterocycles. The smallest absolute Gasteiger partial charge is 0.164 e. The molecular formula is C57H36N4S. The van der Waals surface area contributed by atoms with Gasteiger partial charge in [-0.15, -0.1) is 11.3 Å². The van der Waals surface area contributed by atoms with E-state index in [0.717, 1.165) is 55.7 Å². The van der Waals surface area contributed by atoms with Crippen LogP contribution >= 0.6 is 11.3 Å². The minimum absolute atomic E-state index is 0.607. The first-order valence-electron chi connectivity index (χ1n) is 20.8. The first-order valence-corrected chi connectivity index (χ1v) is 21.7. The highest BCUT2D eigenvalue weighted by molar-refractivity contribution is 7.25. The fraction of sp³-hybridized carbons (Fsp3) is 0. The number of hydrogen-bond acceptors (Lipinski definition) is 4. The summed E-state index contributed by atoms with van der Waals surface area (Å²) in [4.78, 5) is 15.7. The van der Waals surface area contributed by atoms with Crippen molar-refractivity contribution in [2.45, 2.75) is 0 Å². The lowest BCUT2D eigenvalue weighted by Crippen LogP contribution is -2.02. The fourth-order valence-electron chi connectivity index (χ4n) is 8.93. The molecule has 290 valence electrons. The fourth-order valence-corrected chi connectivity index (χ4v) is 10.1. The van der Waals surface area contributed by atoms with Crippen LogP contribution < -0.4 is 0 Å². The van der Waals surface area contributed by atoms with Crippen molar-refractivity contribution in [3.63, 3.8) is 0 Å². The van der Waals surface area contributed by atoms with E-state index in [9.17, 15) is 0 Å². The van der Waals surface area contributed by atoms with E-state index in [1.807, 2.05) is 29.5 Å². The monoisotopic (exact) mass is 808 g/mol. The Morgan fingerprint density at radius 1 is 0.306 bits per heavy atom. The lowest BCUT2D eigenvalue weighted by atomic mass is 9.99. The molecule has 0 fully saturated rings. The van der Waals surface area contributed by atoms with E-state index in [0.29, 0.717) is 17.5 Å². The molecule has 0 aliphatic heterocycles. The van der Waals surface area contributed by atoms with Crippen LogP contribution in [-0.2, 0) is 0 Å². The van der Waals surface area contributed by atoms with Crippen LogP contribution in [0.3, 0.4) is 0 Å². The molecule has 0 radical (unpaired) electrons. The molecule has 0 saturated carbocycles. The molecule has 3 heterocycles. The highest BCUT2D eigenvalue weighted by Crippen LogP contribution is 2.42. The second kappa shape index (κ2) is 14.9. The van der Waals surface area contributed by atoms with Gasteiger partial charge in [-0.3, -0.25) is 0 Å².